The van der Waals surface area contributed by atoms with Gasteiger partial charge in [0.25, 0.3) is 0 Å². The van der Waals surface area contributed by atoms with Crippen LogP contribution >= 0.6 is 35.7 Å². The van der Waals surface area contributed by atoms with Crippen molar-refractivity contribution in [1.29, 1.82) is 0 Å². The minimum absolute atomic E-state index is 0.298. The molecule has 1 rings (SSSR count). The maximum atomic E-state index is 13.4. The summed E-state index contributed by atoms with van der Waals surface area (Å²) in [5, 5.41) is 10.0. The Balaban J connectivity index is 2.60. The molecule has 3 atom stereocenters. The highest BCUT2D eigenvalue weighted by Crippen LogP contribution is 2.50. The molecule has 1 aromatic carbocycles. The SMILES string of the molecule is C=CC(SC(=S)SCC)(C(C)N)C(C)C(=O)OCCCCCCCCOC(=O)/C(=C/c1ccccc1)CC(CC)(CC)C(C)(C)C(=O)O. The second-order valence-corrected chi connectivity index (χ2v) is 16.7. The number of nitrogens with two attached hydrogens (primary N) is 1. The van der Waals surface area contributed by atoms with E-state index in [1.807, 2.05) is 71.0 Å². The number of carbonyl (C=O) groups is 3. The highest BCUT2D eigenvalue weighted by atomic mass is 32.2. The first-order valence-electron chi connectivity index (χ1n) is 17.3. The standard InChI is InChI=1S/C38H59NO6S3/c1-9-37(10-2,36(7,8)34(42)43)27-31(26-30-22-18-17-19-23-30)33(41)45-25-21-16-14-13-15-20-24-44-32(40)28(5)38(11-3,29(6)39)48-35(46)47-12-4/h11,17-19,22-23,26,28-29H,3,9-10,12-16,20-21,24-25,27,39H2,1-2,4-8H3,(H,42,43)/b31-26+. The first-order valence-corrected chi connectivity index (χ1v) is 19.5. The van der Waals surface area contributed by atoms with Gasteiger partial charge < -0.3 is 20.3 Å². The van der Waals surface area contributed by atoms with Gasteiger partial charge >= 0.3 is 17.9 Å². The number of aliphatic carboxylic acids is 1. The molecule has 0 aliphatic heterocycles. The van der Waals surface area contributed by atoms with Crippen LogP contribution in [0.4, 0.5) is 0 Å². The topological polar surface area (TPSA) is 116 Å². The van der Waals surface area contributed by atoms with Crippen molar-refractivity contribution in [3.05, 3.63) is 54.1 Å². The van der Waals surface area contributed by atoms with Crippen molar-refractivity contribution in [3.63, 3.8) is 0 Å². The summed E-state index contributed by atoms with van der Waals surface area (Å²) in [6, 6.07) is 9.25. The molecule has 7 nitrogen and oxygen atoms in total. The number of esters is 2. The fourth-order valence-electron chi connectivity index (χ4n) is 6.05. The summed E-state index contributed by atoms with van der Waals surface area (Å²) in [5.74, 6) is -1.21. The predicted molar refractivity (Wildman–Crippen MR) is 207 cm³/mol. The summed E-state index contributed by atoms with van der Waals surface area (Å²) in [6.45, 7) is 17.8. The highest BCUT2D eigenvalue weighted by Gasteiger charge is 2.48. The van der Waals surface area contributed by atoms with Crippen molar-refractivity contribution in [2.24, 2.45) is 22.5 Å². The Labute approximate surface area is 303 Å². The van der Waals surface area contributed by atoms with Crippen LogP contribution in [0, 0.1) is 16.7 Å². The number of hydrogen-bond acceptors (Lipinski definition) is 9. The third kappa shape index (κ3) is 12.6. The van der Waals surface area contributed by atoms with Gasteiger partial charge in [-0.3, -0.25) is 9.59 Å². The lowest BCUT2D eigenvalue weighted by molar-refractivity contribution is -0.157. The molecule has 0 aromatic heterocycles. The van der Waals surface area contributed by atoms with Crippen LogP contribution in [-0.2, 0) is 23.9 Å². The second kappa shape index (κ2) is 21.8. The molecule has 0 radical (unpaired) electrons. The van der Waals surface area contributed by atoms with Crippen LogP contribution in [0.5, 0.6) is 0 Å². The number of rotatable bonds is 23. The van der Waals surface area contributed by atoms with Crippen LogP contribution in [-0.4, -0.2) is 56.3 Å². The molecule has 0 saturated heterocycles. The molecular weight excluding hydrogens is 663 g/mol. The molecule has 0 aliphatic rings. The Kier molecular flexibility index (Phi) is 20.0. The van der Waals surface area contributed by atoms with Crippen molar-refractivity contribution >= 4 is 63.3 Å². The van der Waals surface area contributed by atoms with Gasteiger partial charge in [0, 0.05) is 11.6 Å². The van der Waals surface area contributed by atoms with Gasteiger partial charge in [0.15, 0.2) is 0 Å². The quantitative estimate of drug-likeness (QED) is 0.0372. The van der Waals surface area contributed by atoms with Crippen molar-refractivity contribution < 1.29 is 29.0 Å². The van der Waals surface area contributed by atoms with Crippen LogP contribution in [0.2, 0.25) is 0 Å². The zero-order chi connectivity index (χ0) is 36.4. The lowest BCUT2D eigenvalue weighted by Crippen LogP contribution is -2.50. The fourth-order valence-corrected chi connectivity index (χ4v) is 8.93. The van der Waals surface area contributed by atoms with E-state index in [1.165, 1.54) is 11.8 Å². The molecule has 0 aliphatic carbocycles. The minimum Gasteiger partial charge on any atom is -0.481 e. The molecule has 0 saturated carbocycles. The largest absolute Gasteiger partial charge is 0.481 e. The van der Waals surface area contributed by atoms with E-state index in [1.54, 1.807) is 31.7 Å². The summed E-state index contributed by atoms with van der Waals surface area (Å²) in [5.41, 5.74) is 6.05. The van der Waals surface area contributed by atoms with Gasteiger partial charge in [0.1, 0.15) is 3.53 Å². The third-order valence-corrected chi connectivity index (χ3v) is 12.9. The van der Waals surface area contributed by atoms with Crippen LogP contribution in [0.15, 0.2) is 48.6 Å². The maximum Gasteiger partial charge on any atom is 0.334 e. The number of carboxylic acid groups (broad SMARTS) is 1. The Morgan fingerprint density at radius 2 is 1.50 bits per heavy atom. The number of ether oxygens (including phenoxy) is 2. The maximum absolute atomic E-state index is 13.4. The van der Waals surface area contributed by atoms with E-state index >= 15 is 0 Å². The number of benzene rings is 1. The first-order chi connectivity index (χ1) is 22.7. The molecule has 0 spiro atoms. The molecule has 48 heavy (non-hydrogen) atoms. The Morgan fingerprint density at radius 3 is 1.98 bits per heavy atom. The normalized spacial score (nSPS) is 14.8. The summed E-state index contributed by atoms with van der Waals surface area (Å²) in [7, 11) is 0. The van der Waals surface area contributed by atoms with Crippen LogP contribution in [0.1, 0.15) is 112 Å². The van der Waals surface area contributed by atoms with Crippen LogP contribution in [0.25, 0.3) is 6.08 Å². The van der Waals surface area contributed by atoms with Crippen LogP contribution < -0.4 is 5.73 Å². The number of carboxylic acids is 1. The Bertz CT molecular complexity index is 1210. The lowest BCUT2D eigenvalue weighted by Gasteiger charge is -2.43. The average Bonchev–Trinajstić information content (AvgIpc) is 3.06. The van der Waals surface area contributed by atoms with E-state index in [4.69, 9.17) is 27.4 Å². The smallest absolute Gasteiger partial charge is 0.334 e. The summed E-state index contributed by atoms with van der Waals surface area (Å²) >= 11 is 8.46. The van der Waals surface area contributed by atoms with E-state index in [-0.39, 0.29) is 12.0 Å². The number of carbonyl (C=O) groups excluding carboxylic acids is 2. The Morgan fingerprint density at radius 1 is 0.958 bits per heavy atom. The van der Waals surface area contributed by atoms with Crippen molar-refractivity contribution in [2.45, 2.75) is 117 Å². The van der Waals surface area contributed by atoms with Crippen molar-refractivity contribution in [2.75, 3.05) is 19.0 Å². The fraction of sp³-hybridized carbons (Fsp3) is 0.632. The predicted octanol–water partition coefficient (Wildman–Crippen LogP) is 9.48. The summed E-state index contributed by atoms with van der Waals surface area (Å²) in [6.07, 6.45) is 10.4. The van der Waals surface area contributed by atoms with E-state index in [2.05, 4.69) is 6.58 Å². The van der Waals surface area contributed by atoms with E-state index in [0.717, 1.165) is 53.4 Å². The molecule has 1 aromatic rings. The lowest BCUT2D eigenvalue weighted by atomic mass is 9.59. The molecule has 0 bridgehead atoms. The molecular formula is C38H59NO6S3. The van der Waals surface area contributed by atoms with Gasteiger partial charge in [-0.25, -0.2) is 4.79 Å². The summed E-state index contributed by atoms with van der Waals surface area (Å²) in [4.78, 5) is 38.6. The van der Waals surface area contributed by atoms with Crippen LogP contribution in [0.3, 0.4) is 0 Å². The Hall–Kier alpha value is -2.14. The third-order valence-electron chi connectivity index (χ3n) is 9.75. The van der Waals surface area contributed by atoms with E-state index in [9.17, 15) is 19.5 Å². The molecule has 0 fully saturated rings. The zero-order valence-electron chi connectivity index (χ0n) is 30.2. The molecule has 3 unspecified atom stereocenters. The number of hydrogen-bond donors (Lipinski definition) is 2. The van der Waals surface area contributed by atoms with E-state index < -0.39 is 33.4 Å². The van der Waals surface area contributed by atoms with Gasteiger partial charge in [-0.05, 0) is 75.7 Å². The molecule has 3 N–H and O–H groups in total. The van der Waals surface area contributed by atoms with Gasteiger partial charge in [-0.1, -0.05) is 114 Å². The second-order valence-electron chi connectivity index (χ2n) is 13.0. The van der Waals surface area contributed by atoms with Crippen molar-refractivity contribution in [1.82, 2.24) is 0 Å². The monoisotopic (exact) mass is 721 g/mol. The first kappa shape index (κ1) is 43.9. The zero-order valence-corrected chi connectivity index (χ0v) is 32.6. The van der Waals surface area contributed by atoms with Gasteiger partial charge in [0.05, 0.1) is 29.3 Å². The van der Waals surface area contributed by atoms with Gasteiger partial charge in [-0.15, -0.1) is 18.3 Å². The molecule has 0 heterocycles. The summed E-state index contributed by atoms with van der Waals surface area (Å²) < 4.78 is 11.4. The molecule has 0 amide bonds. The average molecular weight is 722 g/mol. The molecule has 10 heteroatoms. The van der Waals surface area contributed by atoms with Gasteiger partial charge in [0.2, 0.25) is 0 Å². The molecule has 270 valence electrons. The van der Waals surface area contributed by atoms with Gasteiger partial charge in [-0.2, -0.15) is 0 Å². The highest BCUT2D eigenvalue weighted by molar-refractivity contribution is 8.47. The minimum atomic E-state index is -1.02. The van der Waals surface area contributed by atoms with Crippen molar-refractivity contribution in [3.8, 4) is 0 Å². The number of unbranched alkanes of at least 4 members (excludes halogenated alkanes) is 5. The van der Waals surface area contributed by atoms with E-state index in [0.29, 0.717) is 38.0 Å². The number of thiocarbonyl (C=S) groups is 1. The number of thioether (sulfide) groups is 2.